The van der Waals surface area contributed by atoms with Gasteiger partial charge in [-0.05, 0) is 49.3 Å². The molecule has 2 aromatic carbocycles. The summed E-state index contributed by atoms with van der Waals surface area (Å²) in [6, 6.07) is 16.4. The van der Waals surface area contributed by atoms with Crippen molar-refractivity contribution in [3.63, 3.8) is 0 Å². The first-order valence-corrected chi connectivity index (χ1v) is 11.0. The molecular formula is C23H24N6O2S. The monoisotopic (exact) mass is 448 g/mol. The smallest absolute Gasteiger partial charge is 0.269 e. The number of nitrogens with zero attached hydrogens (tertiary/aromatic N) is 4. The van der Waals surface area contributed by atoms with Gasteiger partial charge in [0.15, 0.2) is 5.11 Å². The molecular weight excluding hydrogens is 424 g/mol. The Morgan fingerprint density at radius 3 is 2.53 bits per heavy atom. The minimum Gasteiger partial charge on any atom is -0.359 e. The van der Waals surface area contributed by atoms with Gasteiger partial charge in [-0.3, -0.25) is 15.5 Å². The molecule has 0 aliphatic heterocycles. The summed E-state index contributed by atoms with van der Waals surface area (Å²) in [6.07, 6.45) is 9.52. The molecule has 0 spiro atoms. The number of rotatable bonds is 6. The maximum absolute atomic E-state index is 11.0. The molecule has 1 aliphatic carbocycles. The molecule has 8 nitrogen and oxygen atoms in total. The molecule has 1 aromatic heterocycles. The number of nitro benzene ring substituents is 1. The van der Waals surface area contributed by atoms with Crippen LogP contribution in [0.3, 0.4) is 0 Å². The van der Waals surface area contributed by atoms with Crippen molar-refractivity contribution < 1.29 is 4.92 Å². The predicted octanol–water partition coefficient (Wildman–Crippen LogP) is 4.58. The Labute approximate surface area is 191 Å². The average Bonchev–Trinajstić information content (AvgIpc) is 3.24. The molecule has 0 atom stereocenters. The molecule has 1 aliphatic rings. The lowest BCUT2D eigenvalue weighted by molar-refractivity contribution is -0.384. The van der Waals surface area contributed by atoms with E-state index in [1.54, 1.807) is 23.0 Å². The van der Waals surface area contributed by atoms with Gasteiger partial charge in [0.05, 0.1) is 16.8 Å². The van der Waals surface area contributed by atoms with Crippen LogP contribution in [0.4, 0.5) is 5.69 Å². The number of non-ortho nitro benzene ring substituents is 1. The first kappa shape index (κ1) is 21.6. The molecule has 0 unspecified atom stereocenters. The van der Waals surface area contributed by atoms with Gasteiger partial charge in [-0.2, -0.15) is 10.2 Å². The number of hydrazone groups is 1. The molecule has 2 N–H and O–H groups in total. The van der Waals surface area contributed by atoms with Crippen molar-refractivity contribution in [2.24, 2.45) is 5.10 Å². The molecule has 1 heterocycles. The van der Waals surface area contributed by atoms with Crippen LogP contribution < -0.4 is 10.7 Å². The summed E-state index contributed by atoms with van der Waals surface area (Å²) in [4.78, 5) is 10.6. The van der Waals surface area contributed by atoms with Gasteiger partial charge in [0.25, 0.3) is 5.69 Å². The Bertz CT molecular complexity index is 1110. The second kappa shape index (κ2) is 10.1. The number of thiocarbonyl (C=S) groups is 1. The molecule has 1 saturated carbocycles. The second-order valence-electron chi connectivity index (χ2n) is 7.70. The van der Waals surface area contributed by atoms with Crippen LogP contribution in [0.2, 0.25) is 0 Å². The number of benzene rings is 2. The fraction of sp³-hybridized carbons (Fsp3) is 0.261. The van der Waals surface area contributed by atoms with E-state index < -0.39 is 4.92 Å². The van der Waals surface area contributed by atoms with Gasteiger partial charge < -0.3 is 5.32 Å². The molecule has 4 rings (SSSR count). The lowest BCUT2D eigenvalue weighted by atomic mass is 9.96. The first-order chi connectivity index (χ1) is 15.6. The summed E-state index contributed by atoms with van der Waals surface area (Å²) in [5.74, 6) is 0. The van der Waals surface area contributed by atoms with E-state index in [9.17, 15) is 10.1 Å². The van der Waals surface area contributed by atoms with Gasteiger partial charge >= 0.3 is 0 Å². The van der Waals surface area contributed by atoms with Crippen LogP contribution in [-0.4, -0.2) is 32.1 Å². The van der Waals surface area contributed by atoms with Gasteiger partial charge in [-0.1, -0.05) is 37.5 Å². The second-order valence-corrected chi connectivity index (χ2v) is 8.10. The molecule has 32 heavy (non-hydrogen) atoms. The van der Waals surface area contributed by atoms with Crippen molar-refractivity contribution in [2.45, 2.75) is 38.1 Å². The predicted molar refractivity (Wildman–Crippen MR) is 129 cm³/mol. The largest absolute Gasteiger partial charge is 0.359 e. The normalized spacial score (nSPS) is 14.4. The van der Waals surface area contributed by atoms with Gasteiger partial charge in [-0.15, -0.1) is 0 Å². The van der Waals surface area contributed by atoms with Crippen molar-refractivity contribution in [3.8, 4) is 16.9 Å². The minimum atomic E-state index is -0.418. The molecule has 0 radical (unpaired) electrons. The van der Waals surface area contributed by atoms with E-state index in [1.807, 2.05) is 36.5 Å². The summed E-state index contributed by atoms with van der Waals surface area (Å²) in [7, 11) is 0. The van der Waals surface area contributed by atoms with Crippen molar-refractivity contribution in [2.75, 3.05) is 0 Å². The number of nitrogens with one attached hydrogen (secondary N) is 2. The van der Waals surface area contributed by atoms with Crippen LogP contribution in [-0.2, 0) is 0 Å². The number of para-hydroxylation sites is 1. The van der Waals surface area contributed by atoms with Crippen molar-refractivity contribution in [1.82, 2.24) is 20.5 Å². The van der Waals surface area contributed by atoms with E-state index in [0.717, 1.165) is 29.7 Å². The number of nitro groups is 1. The fourth-order valence-corrected chi connectivity index (χ4v) is 4.00. The van der Waals surface area contributed by atoms with Gasteiger partial charge in [0.1, 0.15) is 5.69 Å². The van der Waals surface area contributed by atoms with Crippen LogP contribution in [0.15, 0.2) is 65.9 Å². The van der Waals surface area contributed by atoms with Crippen LogP contribution in [0.25, 0.3) is 16.9 Å². The molecule has 164 valence electrons. The molecule has 0 saturated heterocycles. The highest BCUT2D eigenvalue weighted by Gasteiger charge is 2.15. The minimum absolute atomic E-state index is 0.0345. The Balaban J connectivity index is 1.55. The van der Waals surface area contributed by atoms with Crippen LogP contribution in [0, 0.1) is 10.1 Å². The van der Waals surface area contributed by atoms with Gasteiger partial charge in [-0.25, -0.2) is 4.68 Å². The maximum Gasteiger partial charge on any atom is 0.269 e. The van der Waals surface area contributed by atoms with E-state index in [2.05, 4.69) is 15.8 Å². The molecule has 9 heteroatoms. The van der Waals surface area contributed by atoms with Crippen LogP contribution in [0.5, 0.6) is 0 Å². The third-order valence-corrected chi connectivity index (χ3v) is 5.63. The molecule has 3 aromatic rings. The average molecular weight is 449 g/mol. The highest BCUT2D eigenvalue weighted by atomic mass is 32.1. The summed E-state index contributed by atoms with van der Waals surface area (Å²) >= 11 is 5.38. The number of hydrogen-bond donors (Lipinski definition) is 2. The van der Waals surface area contributed by atoms with Gasteiger partial charge in [0, 0.05) is 35.5 Å². The number of aromatic nitrogens is 2. The van der Waals surface area contributed by atoms with E-state index in [4.69, 9.17) is 17.3 Å². The van der Waals surface area contributed by atoms with Crippen LogP contribution in [0.1, 0.15) is 37.7 Å². The number of hydrogen-bond acceptors (Lipinski definition) is 5. The maximum atomic E-state index is 11.0. The summed E-state index contributed by atoms with van der Waals surface area (Å²) < 4.78 is 1.76. The van der Waals surface area contributed by atoms with E-state index >= 15 is 0 Å². The summed E-state index contributed by atoms with van der Waals surface area (Å²) in [5.41, 5.74) is 6.01. The van der Waals surface area contributed by atoms with Crippen LogP contribution >= 0.6 is 12.2 Å². The van der Waals surface area contributed by atoms with Crippen molar-refractivity contribution in [3.05, 3.63) is 76.5 Å². The summed E-state index contributed by atoms with van der Waals surface area (Å²) in [5, 5.41) is 23.8. The third-order valence-electron chi connectivity index (χ3n) is 5.42. The lowest BCUT2D eigenvalue weighted by Gasteiger charge is -2.23. The topological polar surface area (TPSA) is 97.4 Å². The Hall–Kier alpha value is -3.59. The van der Waals surface area contributed by atoms with Gasteiger partial charge in [0.2, 0.25) is 0 Å². The Morgan fingerprint density at radius 2 is 1.84 bits per heavy atom. The zero-order valence-corrected chi connectivity index (χ0v) is 18.3. The zero-order chi connectivity index (χ0) is 22.3. The standard InChI is InChI=1S/C23H24N6O2S/c30-29(31)21-13-11-17(12-14-21)22-18(16-28(27-22)20-9-5-2-6-10-20)15-24-26-23(32)25-19-7-3-1-4-8-19/h2,5-6,9-16,19H,1,3-4,7-8H2,(H2,25,26,32)/b24-15+. The van der Waals surface area contributed by atoms with E-state index in [-0.39, 0.29) is 5.69 Å². The van der Waals surface area contributed by atoms with E-state index in [0.29, 0.717) is 16.8 Å². The Morgan fingerprint density at radius 1 is 1.12 bits per heavy atom. The molecule has 0 amide bonds. The van der Waals surface area contributed by atoms with Crippen molar-refractivity contribution in [1.29, 1.82) is 0 Å². The third kappa shape index (κ3) is 5.36. The van der Waals surface area contributed by atoms with Crippen molar-refractivity contribution >= 4 is 29.2 Å². The fourth-order valence-electron chi connectivity index (χ4n) is 3.79. The SMILES string of the molecule is O=[N+]([O-])c1ccc(-c2nn(-c3ccccc3)cc2/C=N/NC(=S)NC2CCCCC2)cc1. The van der Waals surface area contributed by atoms with E-state index in [1.165, 1.54) is 31.4 Å². The zero-order valence-electron chi connectivity index (χ0n) is 17.5. The quantitative estimate of drug-likeness (QED) is 0.248. The highest BCUT2D eigenvalue weighted by Crippen LogP contribution is 2.25. The lowest BCUT2D eigenvalue weighted by Crippen LogP contribution is -2.40. The highest BCUT2D eigenvalue weighted by molar-refractivity contribution is 7.80. The first-order valence-electron chi connectivity index (χ1n) is 10.6. The Kier molecular flexibility index (Phi) is 6.86. The molecule has 1 fully saturated rings. The summed E-state index contributed by atoms with van der Waals surface area (Å²) in [6.45, 7) is 0. The molecule has 0 bridgehead atoms.